The topological polar surface area (TPSA) is 0 Å². The van der Waals surface area contributed by atoms with Gasteiger partial charge in [-0.2, -0.15) is 0 Å². The van der Waals surface area contributed by atoms with Gasteiger partial charge in [-0.1, -0.05) is 73.7 Å². The maximum Gasteiger partial charge on any atom is 0.129 e. The molecule has 1 saturated carbocycles. The molecule has 4 rings (SSSR count). The second-order valence-electron chi connectivity index (χ2n) is 10.7. The zero-order valence-electron chi connectivity index (χ0n) is 21.9. The van der Waals surface area contributed by atoms with Gasteiger partial charge in [0.25, 0.3) is 0 Å². The number of allylic oxidation sites excluding steroid dienone is 2. The summed E-state index contributed by atoms with van der Waals surface area (Å²) in [6.07, 6.45) is 13.5. The Bertz CT molecular complexity index is 1080. The maximum atomic E-state index is 15.0. The summed E-state index contributed by atoms with van der Waals surface area (Å²) in [6, 6.07) is 22.3. The molecule has 2 heteroatoms. The third-order valence-electron chi connectivity index (χ3n) is 8.06. The summed E-state index contributed by atoms with van der Waals surface area (Å²) in [4.78, 5) is 0. The molecule has 0 radical (unpaired) electrons. The van der Waals surface area contributed by atoms with Gasteiger partial charge in [-0.25, -0.2) is 8.78 Å². The average Bonchev–Trinajstić information content (AvgIpc) is 2.91. The van der Waals surface area contributed by atoms with Crippen molar-refractivity contribution in [3.63, 3.8) is 0 Å². The minimum atomic E-state index is -0.385. The van der Waals surface area contributed by atoms with E-state index in [9.17, 15) is 8.78 Å². The first-order chi connectivity index (χ1) is 17.5. The number of rotatable bonds is 10. The zero-order valence-corrected chi connectivity index (χ0v) is 21.9. The lowest BCUT2D eigenvalue weighted by atomic mass is 9.76. The van der Waals surface area contributed by atoms with Gasteiger partial charge in [0, 0.05) is 5.56 Å². The smallest absolute Gasteiger partial charge is 0.129 e. The third-order valence-corrected chi connectivity index (χ3v) is 8.06. The van der Waals surface area contributed by atoms with Gasteiger partial charge >= 0.3 is 0 Å². The van der Waals surface area contributed by atoms with Gasteiger partial charge in [0.1, 0.15) is 11.6 Å². The van der Waals surface area contributed by atoms with Crippen LogP contribution < -0.4 is 0 Å². The third kappa shape index (κ3) is 7.15. The minimum absolute atomic E-state index is 0.0749. The van der Waals surface area contributed by atoms with Crippen LogP contribution in [0, 0.1) is 17.6 Å². The van der Waals surface area contributed by atoms with Gasteiger partial charge in [-0.05, 0) is 117 Å². The molecule has 3 aromatic rings. The van der Waals surface area contributed by atoms with Gasteiger partial charge in [0.15, 0.2) is 0 Å². The van der Waals surface area contributed by atoms with Crippen LogP contribution >= 0.6 is 0 Å². The van der Waals surface area contributed by atoms with Crippen molar-refractivity contribution in [3.05, 3.63) is 118 Å². The standard InChI is InChI=1S/C34H40F2/c1-3-4-6-9-26-12-14-27(15-13-26)16-17-28-18-20-30(21-19-28)31-23-33(35)32(34(36)24-31)22-25(2)29-10-7-5-8-11-29/h3-5,7-8,10-15,23-25,28,30H,6,9,16-22H2,1-2H3/t25-,28?,30?/m0/s1. The molecule has 0 N–H and O–H groups in total. The fourth-order valence-corrected chi connectivity index (χ4v) is 5.70. The lowest BCUT2D eigenvalue weighted by Gasteiger charge is -2.29. The highest BCUT2D eigenvalue weighted by Crippen LogP contribution is 2.38. The molecule has 0 nitrogen and oxygen atoms in total. The van der Waals surface area contributed by atoms with Crippen molar-refractivity contribution < 1.29 is 8.78 Å². The van der Waals surface area contributed by atoms with E-state index in [2.05, 4.69) is 43.3 Å². The molecule has 0 spiro atoms. The Morgan fingerprint density at radius 3 is 2.06 bits per heavy atom. The Labute approximate surface area is 216 Å². The quantitative estimate of drug-likeness (QED) is 0.250. The molecule has 1 fully saturated rings. The summed E-state index contributed by atoms with van der Waals surface area (Å²) >= 11 is 0. The number of aryl methyl sites for hydroxylation is 2. The van der Waals surface area contributed by atoms with Crippen molar-refractivity contribution in [2.45, 2.75) is 83.5 Å². The van der Waals surface area contributed by atoms with E-state index in [1.807, 2.05) is 37.3 Å². The second kappa shape index (κ2) is 13.0. The van der Waals surface area contributed by atoms with Crippen molar-refractivity contribution in [1.82, 2.24) is 0 Å². The van der Waals surface area contributed by atoms with Crippen LogP contribution in [0.5, 0.6) is 0 Å². The molecule has 0 aromatic heterocycles. The molecular weight excluding hydrogens is 446 g/mol. The highest BCUT2D eigenvalue weighted by atomic mass is 19.1. The normalized spacial score (nSPS) is 19.0. The summed E-state index contributed by atoms with van der Waals surface area (Å²) in [5.41, 5.74) is 4.98. The second-order valence-corrected chi connectivity index (χ2v) is 10.7. The number of hydrogen-bond acceptors (Lipinski definition) is 0. The molecule has 0 heterocycles. The molecule has 0 aliphatic heterocycles. The van der Waals surface area contributed by atoms with Gasteiger partial charge in [0.2, 0.25) is 0 Å². The molecule has 36 heavy (non-hydrogen) atoms. The Morgan fingerprint density at radius 2 is 1.44 bits per heavy atom. The molecule has 1 aliphatic carbocycles. The van der Waals surface area contributed by atoms with Crippen molar-refractivity contribution in [2.75, 3.05) is 0 Å². The highest BCUT2D eigenvalue weighted by Gasteiger charge is 2.24. The first kappa shape index (κ1) is 26.3. The molecule has 0 unspecified atom stereocenters. The Hall–Kier alpha value is -2.74. The van der Waals surface area contributed by atoms with E-state index < -0.39 is 0 Å². The first-order valence-corrected chi connectivity index (χ1v) is 13.7. The van der Waals surface area contributed by atoms with E-state index in [1.165, 1.54) is 17.5 Å². The van der Waals surface area contributed by atoms with Crippen LogP contribution in [0.4, 0.5) is 8.78 Å². The molecule has 3 aromatic carbocycles. The molecule has 190 valence electrons. The molecular formula is C34H40F2. The summed E-state index contributed by atoms with van der Waals surface area (Å²) in [6.45, 7) is 4.10. The van der Waals surface area contributed by atoms with E-state index in [0.29, 0.717) is 12.3 Å². The fourth-order valence-electron chi connectivity index (χ4n) is 5.70. The lowest BCUT2D eigenvalue weighted by Crippen LogP contribution is -2.15. The van der Waals surface area contributed by atoms with Gasteiger partial charge in [-0.15, -0.1) is 0 Å². The van der Waals surface area contributed by atoms with Gasteiger partial charge < -0.3 is 0 Å². The highest BCUT2D eigenvalue weighted by molar-refractivity contribution is 5.31. The SMILES string of the molecule is CC=CCCc1ccc(CCC2CCC(c3cc(F)c(C[C@H](C)c4ccccc4)c(F)c3)CC2)cc1. The first-order valence-electron chi connectivity index (χ1n) is 13.7. The summed E-state index contributed by atoms with van der Waals surface area (Å²) in [5, 5.41) is 0. The van der Waals surface area contributed by atoms with Crippen LogP contribution in [0.1, 0.15) is 92.0 Å². The van der Waals surface area contributed by atoms with Gasteiger partial charge in [-0.3, -0.25) is 0 Å². The summed E-state index contributed by atoms with van der Waals surface area (Å²) < 4.78 is 30.0. The van der Waals surface area contributed by atoms with Crippen molar-refractivity contribution >= 4 is 0 Å². The van der Waals surface area contributed by atoms with Crippen molar-refractivity contribution in [2.24, 2.45) is 5.92 Å². The molecule has 0 amide bonds. The zero-order chi connectivity index (χ0) is 25.3. The van der Waals surface area contributed by atoms with Crippen LogP contribution in [0.3, 0.4) is 0 Å². The Balaban J connectivity index is 1.27. The summed E-state index contributed by atoms with van der Waals surface area (Å²) in [7, 11) is 0. The molecule has 0 bridgehead atoms. The average molecular weight is 487 g/mol. The maximum absolute atomic E-state index is 15.0. The van der Waals surface area contributed by atoms with Crippen LogP contribution in [-0.2, 0) is 19.3 Å². The van der Waals surface area contributed by atoms with Crippen molar-refractivity contribution in [3.8, 4) is 0 Å². The van der Waals surface area contributed by atoms with E-state index >= 15 is 0 Å². The van der Waals surface area contributed by atoms with Crippen molar-refractivity contribution in [1.29, 1.82) is 0 Å². The Kier molecular flexibility index (Phi) is 9.50. The van der Waals surface area contributed by atoms with E-state index in [1.54, 1.807) is 12.1 Å². The van der Waals surface area contributed by atoms with E-state index in [-0.39, 0.29) is 29.0 Å². The monoisotopic (exact) mass is 486 g/mol. The van der Waals surface area contributed by atoms with Crippen LogP contribution in [0.15, 0.2) is 78.9 Å². The summed E-state index contributed by atoms with van der Waals surface area (Å²) in [5.74, 6) is 0.276. The molecule has 1 atom stereocenters. The van der Waals surface area contributed by atoms with Crippen LogP contribution in [-0.4, -0.2) is 0 Å². The number of hydrogen-bond donors (Lipinski definition) is 0. The predicted octanol–water partition coefficient (Wildman–Crippen LogP) is 9.73. The van der Waals surface area contributed by atoms with E-state index in [0.717, 1.165) is 56.1 Å². The van der Waals surface area contributed by atoms with Gasteiger partial charge in [0.05, 0.1) is 0 Å². The minimum Gasteiger partial charge on any atom is -0.207 e. The number of benzene rings is 3. The van der Waals surface area contributed by atoms with Crippen LogP contribution in [0.25, 0.3) is 0 Å². The van der Waals surface area contributed by atoms with Crippen LogP contribution in [0.2, 0.25) is 0 Å². The molecule has 1 aliphatic rings. The lowest BCUT2D eigenvalue weighted by molar-refractivity contribution is 0.309. The largest absolute Gasteiger partial charge is 0.207 e. The fraction of sp³-hybridized carbons (Fsp3) is 0.412. The predicted molar refractivity (Wildman–Crippen MR) is 148 cm³/mol. The number of halogens is 2. The molecule has 0 saturated heterocycles. The Morgan fingerprint density at radius 1 is 0.833 bits per heavy atom. The van der Waals surface area contributed by atoms with E-state index in [4.69, 9.17) is 0 Å².